The molecule has 1 fully saturated rings. The van der Waals surface area contributed by atoms with Crippen LogP contribution in [0.5, 0.6) is 5.75 Å². The molecule has 1 atom stereocenters. The number of nitrogens with zero attached hydrogens (tertiary/aromatic N) is 6. The first-order valence-electron chi connectivity index (χ1n) is 10.8. The largest absolute Gasteiger partial charge is 0.496 e. The standard InChI is InChI=1S/C24H28N6O3/c1-16-9-17(5-6-20(16)32-4)10-22(31)30-7-8-33-21(14-30)23-19(18-11-25-15-26-12-18)13-27-24(28-23)29(2)3/h5-6,9,11-13,15,21H,7-8,10,14H2,1-4H3/t21-/m0/s1. The number of hydrogen-bond acceptors (Lipinski definition) is 8. The Balaban J connectivity index is 1.57. The molecular formula is C24H28N6O3. The van der Waals surface area contributed by atoms with Crippen LogP contribution in [0.15, 0.2) is 43.1 Å². The van der Waals surface area contributed by atoms with Gasteiger partial charge in [-0.05, 0) is 24.1 Å². The third-order valence-corrected chi connectivity index (χ3v) is 5.62. The molecule has 172 valence electrons. The summed E-state index contributed by atoms with van der Waals surface area (Å²) in [6.07, 6.45) is 6.64. The van der Waals surface area contributed by atoms with Gasteiger partial charge < -0.3 is 19.3 Å². The lowest BCUT2D eigenvalue weighted by atomic mass is 10.0. The minimum atomic E-state index is -0.378. The Morgan fingerprint density at radius 3 is 2.73 bits per heavy atom. The third-order valence-electron chi connectivity index (χ3n) is 5.62. The minimum Gasteiger partial charge on any atom is -0.496 e. The highest BCUT2D eigenvalue weighted by molar-refractivity contribution is 5.79. The Morgan fingerprint density at radius 1 is 1.24 bits per heavy atom. The van der Waals surface area contributed by atoms with Gasteiger partial charge >= 0.3 is 0 Å². The first-order valence-corrected chi connectivity index (χ1v) is 10.8. The number of anilines is 1. The van der Waals surface area contributed by atoms with Crippen molar-refractivity contribution in [1.82, 2.24) is 24.8 Å². The first-order chi connectivity index (χ1) is 16.0. The van der Waals surface area contributed by atoms with Crippen LogP contribution in [-0.4, -0.2) is 71.6 Å². The smallest absolute Gasteiger partial charge is 0.227 e. The van der Waals surface area contributed by atoms with Crippen LogP contribution in [-0.2, 0) is 16.0 Å². The van der Waals surface area contributed by atoms with Crippen LogP contribution in [0.25, 0.3) is 11.1 Å². The number of amides is 1. The van der Waals surface area contributed by atoms with Gasteiger partial charge in [-0.1, -0.05) is 12.1 Å². The summed E-state index contributed by atoms with van der Waals surface area (Å²) in [4.78, 5) is 34.3. The maximum absolute atomic E-state index is 13.1. The predicted molar refractivity (Wildman–Crippen MR) is 124 cm³/mol. The second-order valence-corrected chi connectivity index (χ2v) is 8.17. The zero-order chi connectivity index (χ0) is 23.4. The summed E-state index contributed by atoms with van der Waals surface area (Å²) in [6.45, 7) is 3.37. The molecular weight excluding hydrogens is 420 g/mol. The van der Waals surface area contributed by atoms with Gasteiger partial charge in [-0.3, -0.25) is 4.79 Å². The van der Waals surface area contributed by atoms with E-state index in [9.17, 15) is 4.79 Å². The molecule has 9 heteroatoms. The molecule has 0 aliphatic carbocycles. The Hall–Kier alpha value is -3.59. The van der Waals surface area contributed by atoms with E-state index in [-0.39, 0.29) is 12.0 Å². The second-order valence-electron chi connectivity index (χ2n) is 8.17. The molecule has 1 saturated heterocycles. The van der Waals surface area contributed by atoms with Crippen LogP contribution < -0.4 is 9.64 Å². The van der Waals surface area contributed by atoms with E-state index in [1.54, 1.807) is 25.7 Å². The van der Waals surface area contributed by atoms with Gasteiger partial charge in [0, 0.05) is 50.4 Å². The molecule has 9 nitrogen and oxygen atoms in total. The summed E-state index contributed by atoms with van der Waals surface area (Å²) in [7, 11) is 5.42. The zero-order valence-electron chi connectivity index (χ0n) is 19.4. The summed E-state index contributed by atoms with van der Waals surface area (Å²) in [5.41, 5.74) is 4.29. The Kier molecular flexibility index (Phi) is 6.79. The van der Waals surface area contributed by atoms with Crippen LogP contribution >= 0.6 is 0 Å². The molecule has 0 unspecified atom stereocenters. The maximum atomic E-state index is 13.1. The number of aryl methyl sites for hydroxylation is 1. The van der Waals surface area contributed by atoms with Gasteiger partial charge in [-0.2, -0.15) is 0 Å². The number of hydrogen-bond donors (Lipinski definition) is 0. The second kappa shape index (κ2) is 9.91. The van der Waals surface area contributed by atoms with Crippen molar-refractivity contribution in [2.24, 2.45) is 0 Å². The summed E-state index contributed by atoms with van der Waals surface area (Å²) in [5.74, 6) is 1.45. The molecule has 33 heavy (non-hydrogen) atoms. The quantitative estimate of drug-likeness (QED) is 0.568. The average Bonchev–Trinajstić information content (AvgIpc) is 2.84. The van der Waals surface area contributed by atoms with Crippen LogP contribution in [0.1, 0.15) is 22.9 Å². The maximum Gasteiger partial charge on any atom is 0.227 e. The average molecular weight is 449 g/mol. The van der Waals surface area contributed by atoms with Crippen LogP contribution in [0.2, 0.25) is 0 Å². The van der Waals surface area contributed by atoms with Gasteiger partial charge in [0.05, 0.1) is 32.4 Å². The summed E-state index contributed by atoms with van der Waals surface area (Å²) >= 11 is 0. The number of carbonyl (C=O) groups excluding carboxylic acids is 1. The molecule has 3 aromatic rings. The van der Waals surface area contributed by atoms with Crippen molar-refractivity contribution in [3.63, 3.8) is 0 Å². The van der Waals surface area contributed by atoms with Crippen LogP contribution in [0.3, 0.4) is 0 Å². The highest BCUT2D eigenvalue weighted by atomic mass is 16.5. The molecule has 4 rings (SSSR count). The summed E-state index contributed by atoms with van der Waals surface area (Å²) in [6, 6.07) is 5.83. The lowest BCUT2D eigenvalue weighted by Crippen LogP contribution is -2.43. The SMILES string of the molecule is COc1ccc(CC(=O)N2CCO[C@H](c3nc(N(C)C)ncc3-c3cncnc3)C2)cc1C. The topological polar surface area (TPSA) is 93.6 Å². The normalized spacial score (nSPS) is 15.9. The van der Waals surface area contributed by atoms with E-state index in [2.05, 4.69) is 15.0 Å². The first kappa shape index (κ1) is 22.6. The number of morpholine rings is 1. The fraction of sp³-hybridized carbons (Fsp3) is 0.375. The van der Waals surface area contributed by atoms with E-state index in [4.69, 9.17) is 14.5 Å². The van der Waals surface area contributed by atoms with Crippen molar-refractivity contribution in [1.29, 1.82) is 0 Å². The van der Waals surface area contributed by atoms with Gasteiger partial charge in [0.15, 0.2) is 0 Å². The van der Waals surface area contributed by atoms with Gasteiger partial charge in [0.2, 0.25) is 11.9 Å². The van der Waals surface area contributed by atoms with Crippen molar-refractivity contribution in [3.8, 4) is 16.9 Å². The monoisotopic (exact) mass is 448 g/mol. The number of methoxy groups -OCH3 is 1. The molecule has 2 aromatic heterocycles. The molecule has 1 aliphatic heterocycles. The lowest BCUT2D eigenvalue weighted by Gasteiger charge is -2.33. The Labute approximate surface area is 193 Å². The fourth-order valence-electron chi connectivity index (χ4n) is 3.88. The van der Waals surface area contributed by atoms with Crippen molar-refractivity contribution < 1.29 is 14.3 Å². The number of rotatable bonds is 6. The van der Waals surface area contributed by atoms with E-state index in [0.717, 1.165) is 33.7 Å². The summed E-state index contributed by atoms with van der Waals surface area (Å²) in [5, 5.41) is 0. The molecule has 3 heterocycles. The number of benzene rings is 1. The number of aromatic nitrogens is 4. The molecule has 0 bridgehead atoms. The van der Waals surface area contributed by atoms with Gasteiger partial charge in [0.25, 0.3) is 0 Å². The molecule has 0 spiro atoms. The van der Waals surface area contributed by atoms with E-state index in [1.807, 2.05) is 49.0 Å². The van der Waals surface area contributed by atoms with Crippen LogP contribution in [0.4, 0.5) is 5.95 Å². The fourth-order valence-corrected chi connectivity index (χ4v) is 3.88. The van der Waals surface area contributed by atoms with E-state index in [0.29, 0.717) is 32.1 Å². The van der Waals surface area contributed by atoms with Crippen molar-refractivity contribution in [2.45, 2.75) is 19.4 Å². The molecule has 1 amide bonds. The molecule has 1 aromatic carbocycles. The summed E-state index contributed by atoms with van der Waals surface area (Å²) < 4.78 is 11.4. The van der Waals surface area contributed by atoms with Gasteiger partial charge in [-0.25, -0.2) is 19.9 Å². The van der Waals surface area contributed by atoms with Gasteiger partial charge in [-0.15, -0.1) is 0 Å². The highest BCUT2D eigenvalue weighted by Crippen LogP contribution is 2.31. The lowest BCUT2D eigenvalue weighted by molar-refractivity contribution is -0.138. The minimum absolute atomic E-state index is 0.0550. The number of carbonyl (C=O) groups is 1. The zero-order valence-corrected chi connectivity index (χ0v) is 19.4. The van der Waals surface area contributed by atoms with E-state index >= 15 is 0 Å². The predicted octanol–water partition coefficient (Wildman–Crippen LogP) is 2.46. The van der Waals surface area contributed by atoms with E-state index in [1.165, 1.54) is 6.33 Å². The Bertz CT molecular complexity index is 1120. The van der Waals surface area contributed by atoms with E-state index < -0.39 is 0 Å². The Morgan fingerprint density at radius 2 is 2.03 bits per heavy atom. The highest BCUT2D eigenvalue weighted by Gasteiger charge is 2.29. The molecule has 0 radical (unpaired) electrons. The van der Waals surface area contributed by atoms with Crippen molar-refractivity contribution in [3.05, 3.63) is 59.9 Å². The van der Waals surface area contributed by atoms with Crippen molar-refractivity contribution in [2.75, 3.05) is 45.8 Å². The number of ether oxygens (including phenoxy) is 2. The molecule has 0 saturated carbocycles. The van der Waals surface area contributed by atoms with Gasteiger partial charge in [0.1, 0.15) is 18.2 Å². The molecule has 0 N–H and O–H groups in total. The van der Waals surface area contributed by atoms with Crippen molar-refractivity contribution >= 4 is 11.9 Å². The van der Waals surface area contributed by atoms with Crippen LogP contribution in [0, 0.1) is 6.92 Å². The molecule has 1 aliphatic rings. The third kappa shape index (κ3) is 5.09.